The summed E-state index contributed by atoms with van der Waals surface area (Å²) < 4.78 is 1.87. The Hall–Kier alpha value is -1.60. The Morgan fingerprint density at radius 1 is 1.32 bits per heavy atom. The highest BCUT2D eigenvalue weighted by Crippen LogP contribution is 2.08. The fourth-order valence-electron chi connectivity index (χ4n) is 1.73. The van der Waals surface area contributed by atoms with E-state index < -0.39 is 6.04 Å². The number of nitrogens with one attached hydrogen (secondary N) is 2. The minimum atomic E-state index is -0.610. The van der Waals surface area contributed by atoms with Gasteiger partial charge in [-0.25, -0.2) is 4.98 Å². The Kier molecular flexibility index (Phi) is 8.74. The number of anilines is 1. The largest absolute Gasteiger partial charge is 0.346 e. The maximum Gasteiger partial charge on any atom is 0.246 e. The lowest BCUT2D eigenvalue weighted by Crippen LogP contribution is -2.46. The van der Waals surface area contributed by atoms with Crippen LogP contribution < -0.4 is 16.4 Å². The number of hydrogen-bond acceptors (Lipinski definition) is 4. The van der Waals surface area contributed by atoms with Gasteiger partial charge in [0.05, 0.1) is 12.6 Å². The third-order valence-corrected chi connectivity index (χ3v) is 2.97. The van der Waals surface area contributed by atoms with Crippen LogP contribution >= 0.6 is 12.4 Å². The van der Waals surface area contributed by atoms with Crippen molar-refractivity contribution in [2.24, 2.45) is 17.6 Å². The van der Waals surface area contributed by atoms with Crippen LogP contribution in [0.15, 0.2) is 12.4 Å². The van der Waals surface area contributed by atoms with Crippen LogP contribution in [0.2, 0.25) is 0 Å². The molecule has 4 N–H and O–H groups in total. The van der Waals surface area contributed by atoms with Crippen LogP contribution in [0.4, 0.5) is 5.95 Å². The molecule has 8 heteroatoms. The molecule has 1 atom stereocenters. The number of nitrogens with zero attached hydrogens (tertiary/aromatic N) is 2. The van der Waals surface area contributed by atoms with Crippen LogP contribution in [-0.2, 0) is 16.1 Å². The van der Waals surface area contributed by atoms with Crippen molar-refractivity contribution in [3.63, 3.8) is 0 Å². The molecular weight excluding hydrogens is 306 g/mol. The summed E-state index contributed by atoms with van der Waals surface area (Å²) in [5, 5.41) is 5.20. The smallest absolute Gasteiger partial charge is 0.246 e. The molecule has 1 heterocycles. The van der Waals surface area contributed by atoms with E-state index in [-0.39, 0.29) is 36.7 Å². The second-order valence-electron chi connectivity index (χ2n) is 5.83. The first-order valence-electron chi connectivity index (χ1n) is 7.15. The quantitative estimate of drug-likeness (QED) is 0.693. The number of halogens is 1. The van der Waals surface area contributed by atoms with E-state index in [9.17, 15) is 9.59 Å². The highest BCUT2D eigenvalue weighted by molar-refractivity contribution is 5.94. The summed E-state index contributed by atoms with van der Waals surface area (Å²) in [4.78, 5) is 27.6. The summed E-state index contributed by atoms with van der Waals surface area (Å²) in [6.45, 7) is 8.52. The SMILES string of the molecule is CC(C)Cn1ccnc1NC(=O)CNC(=O)[C@@H](N)C(C)C.Cl. The standard InChI is InChI=1S/C14H25N5O2.ClH/c1-9(2)8-19-6-5-16-14(19)18-11(20)7-17-13(21)12(15)10(3)4;/h5-6,9-10,12H,7-8,15H2,1-4H3,(H,17,21)(H,16,18,20);1H/t12-;/m0./s1. The fraction of sp³-hybridized carbons (Fsp3) is 0.643. The van der Waals surface area contributed by atoms with Crippen molar-refractivity contribution in [1.29, 1.82) is 0 Å². The van der Waals surface area contributed by atoms with Gasteiger partial charge in [-0.15, -0.1) is 12.4 Å². The van der Waals surface area contributed by atoms with E-state index in [4.69, 9.17) is 5.73 Å². The number of nitrogens with two attached hydrogens (primary N) is 1. The van der Waals surface area contributed by atoms with Crippen molar-refractivity contribution >= 4 is 30.2 Å². The number of imidazole rings is 1. The molecule has 126 valence electrons. The van der Waals surface area contributed by atoms with E-state index in [0.29, 0.717) is 11.9 Å². The van der Waals surface area contributed by atoms with E-state index in [0.717, 1.165) is 6.54 Å². The molecule has 7 nitrogen and oxygen atoms in total. The lowest BCUT2D eigenvalue weighted by molar-refractivity contribution is -0.125. The van der Waals surface area contributed by atoms with Crippen LogP contribution in [0.3, 0.4) is 0 Å². The Bertz CT molecular complexity index is 487. The molecule has 1 aromatic rings. The normalized spacial score (nSPS) is 12.0. The van der Waals surface area contributed by atoms with Gasteiger partial charge in [-0.05, 0) is 11.8 Å². The molecule has 0 fully saturated rings. The molecule has 0 radical (unpaired) electrons. The van der Waals surface area contributed by atoms with Gasteiger partial charge in [-0.3, -0.25) is 14.9 Å². The molecular formula is C14H26ClN5O2. The van der Waals surface area contributed by atoms with Gasteiger partial charge in [0.15, 0.2) is 0 Å². The highest BCUT2D eigenvalue weighted by atomic mass is 35.5. The zero-order valence-corrected chi connectivity index (χ0v) is 14.3. The van der Waals surface area contributed by atoms with E-state index in [1.54, 1.807) is 6.20 Å². The molecule has 1 rings (SSSR count). The monoisotopic (exact) mass is 331 g/mol. The third-order valence-electron chi connectivity index (χ3n) is 2.97. The van der Waals surface area contributed by atoms with Gasteiger partial charge >= 0.3 is 0 Å². The van der Waals surface area contributed by atoms with Gasteiger partial charge in [-0.2, -0.15) is 0 Å². The number of rotatable bonds is 7. The van der Waals surface area contributed by atoms with Gasteiger partial charge < -0.3 is 15.6 Å². The van der Waals surface area contributed by atoms with Crippen LogP contribution in [0.1, 0.15) is 27.7 Å². The predicted molar refractivity (Wildman–Crippen MR) is 88.8 cm³/mol. The Morgan fingerprint density at radius 2 is 1.95 bits per heavy atom. The number of carbonyl (C=O) groups is 2. The van der Waals surface area contributed by atoms with Gasteiger partial charge in [-0.1, -0.05) is 27.7 Å². The van der Waals surface area contributed by atoms with Crippen molar-refractivity contribution in [3.05, 3.63) is 12.4 Å². The summed E-state index contributed by atoms with van der Waals surface area (Å²) in [5.41, 5.74) is 5.70. The van der Waals surface area contributed by atoms with Crippen molar-refractivity contribution in [1.82, 2.24) is 14.9 Å². The molecule has 22 heavy (non-hydrogen) atoms. The number of carbonyl (C=O) groups excluding carboxylic acids is 2. The molecule has 0 saturated heterocycles. The van der Waals surface area contributed by atoms with Crippen LogP contribution in [0.25, 0.3) is 0 Å². The number of amides is 2. The van der Waals surface area contributed by atoms with Crippen molar-refractivity contribution in [2.75, 3.05) is 11.9 Å². The predicted octanol–water partition coefficient (Wildman–Crippen LogP) is 0.999. The zero-order valence-electron chi connectivity index (χ0n) is 13.5. The molecule has 0 aromatic carbocycles. The van der Waals surface area contributed by atoms with E-state index in [1.165, 1.54) is 0 Å². The minimum absolute atomic E-state index is 0. The van der Waals surface area contributed by atoms with Crippen LogP contribution in [-0.4, -0.2) is 34.0 Å². The topological polar surface area (TPSA) is 102 Å². The van der Waals surface area contributed by atoms with Gasteiger partial charge in [0.25, 0.3) is 0 Å². The van der Waals surface area contributed by atoms with Gasteiger partial charge in [0, 0.05) is 18.9 Å². The second-order valence-corrected chi connectivity index (χ2v) is 5.83. The maximum atomic E-state index is 11.8. The molecule has 0 aliphatic rings. The third kappa shape index (κ3) is 6.44. The summed E-state index contributed by atoms with van der Waals surface area (Å²) in [5.74, 6) is 0.300. The Morgan fingerprint density at radius 3 is 2.50 bits per heavy atom. The number of hydrogen-bond donors (Lipinski definition) is 3. The van der Waals surface area contributed by atoms with Crippen molar-refractivity contribution < 1.29 is 9.59 Å². The summed E-state index contributed by atoms with van der Waals surface area (Å²) in [7, 11) is 0. The lowest BCUT2D eigenvalue weighted by atomic mass is 10.1. The van der Waals surface area contributed by atoms with E-state index in [1.807, 2.05) is 24.6 Å². The molecule has 0 spiro atoms. The molecule has 0 unspecified atom stereocenters. The fourth-order valence-corrected chi connectivity index (χ4v) is 1.73. The summed E-state index contributed by atoms with van der Waals surface area (Å²) in [6.07, 6.45) is 3.44. The van der Waals surface area contributed by atoms with Crippen molar-refractivity contribution in [3.8, 4) is 0 Å². The molecule has 1 aromatic heterocycles. The number of aromatic nitrogens is 2. The average Bonchev–Trinajstić information content (AvgIpc) is 2.81. The molecule has 0 saturated carbocycles. The second kappa shape index (κ2) is 9.42. The Balaban J connectivity index is 0.00000441. The molecule has 2 amide bonds. The van der Waals surface area contributed by atoms with E-state index in [2.05, 4.69) is 29.5 Å². The first-order valence-corrected chi connectivity index (χ1v) is 7.15. The molecule has 0 bridgehead atoms. The van der Waals surface area contributed by atoms with Crippen molar-refractivity contribution in [2.45, 2.75) is 40.3 Å². The van der Waals surface area contributed by atoms with Gasteiger partial charge in [0.2, 0.25) is 17.8 Å². The minimum Gasteiger partial charge on any atom is -0.346 e. The summed E-state index contributed by atoms with van der Waals surface area (Å²) in [6, 6.07) is -0.610. The van der Waals surface area contributed by atoms with Crippen LogP contribution in [0.5, 0.6) is 0 Å². The first-order chi connectivity index (χ1) is 9.81. The highest BCUT2D eigenvalue weighted by Gasteiger charge is 2.18. The maximum absolute atomic E-state index is 11.8. The van der Waals surface area contributed by atoms with Crippen LogP contribution in [0, 0.1) is 11.8 Å². The average molecular weight is 332 g/mol. The molecule has 0 aliphatic heterocycles. The van der Waals surface area contributed by atoms with Gasteiger partial charge in [0.1, 0.15) is 0 Å². The first kappa shape index (κ1) is 20.4. The summed E-state index contributed by atoms with van der Waals surface area (Å²) >= 11 is 0. The zero-order chi connectivity index (χ0) is 16.0. The van der Waals surface area contributed by atoms with E-state index >= 15 is 0 Å². The Labute approximate surface area is 137 Å². The lowest BCUT2D eigenvalue weighted by Gasteiger charge is -2.15. The molecule has 0 aliphatic carbocycles.